The minimum Gasteiger partial charge on any atom is -0.479 e. The lowest BCUT2D eigenvalue weighted by molar-refractivity contribution is -0.301. The van der Waals surface area contributed by atoms with Crippen LogP contribution in [0.25, 0.3) is 0 Å². The molecule has 1 heterocycles. The number of aliphatic hydroxyl groups excluding tert-OH is 2. The van der Waals surface area contributed by atoms with E-state index in [2.05, 4.69) is 154 Å². The highest BCUT2D eigenvalue weighted by molar-refractivity contribution is 5.74. The number of carbonyl (C=O) groups excluding carboxylic acids is 3. The van der Waals surface area contributed by atoms with Crippen molar-refractivity contribution >= 4 is 23.9 Å². The van der Waals surface area contributed by atoms with Crippen LogP contribution in [-0.4, -0.2) is 89.2 Å². The molecule has 1 aliphatic rings. The first-order valence-corrected chi connectivity index (χ1v) is 30.2. The Labute approximate surface area is 477 Å². The molecule has 0 saturated carbocycles. The minimum absolute atomic E-state index is 0.00285. The molecule has 0 radical (unpaired) electrons. The number of esters is 3. The number of unbranched alkanes of at least 4 members (excludes halogenated alkanes) is 13. The van der Waals surface area contributed by atoms with Crippen molar-refractivity contribution in [2.75, 3.05) is 13.2 Å². The van der Waals surface area contributed by atoms with Crippen molar-refractivity contribution in [2.24, 2.45) is 0 Å². The van der Waals surface area contributed by atoms with Gasteiger partial charge in [-0.05, 0) is 128 Å². The molecule has 0 bridgehead atoms. The highest BCUT2D eigenvalue weighted by atomic mass is 16.7. The largest absolute Gasteiger partial charge is 0.479 e. The Morgan fingerprint density at radius 3 is 1.18 bits per heavy atom. The van der Waals surface area contributed by atoms with Gasteiger partial charge >= 0.3 is 23.9 Å². The standard InChI is InChI=1S/C67H104O12/c1-4-7-10-13-16-19-22-25-28-30-33-35-38-41-44-47-50-53-59(68)75-56-58(77-60(69)54-51-48-45-42-39-37-34-31-29-26-23-20-17-14-11-8-5-2)57-76-67-65(63(72)62(71)64(79-67)66(73)74)78-61(70)55-52-49-46-43-40-36-32-27-24-21-18-15-12-9-6-3/h7-12,16-21,25-29,32-33,35,40,43,58,62-65,67,71-72H,4-6,13-15,22-24,30-31,34,36-39,41-42,44-57H2,1-3H3,(H,73,74)/b10-7-,11-8-,12-9-,19-16-,20-17-,21-18-,28-25-,29-26-,32-27-,35-33-,43-40-. The van der Waals surface area contributed by atoms with Crippen LogP contribution >= 0.6 is 0 Å². The summed E-state index contributed by atoms with van der Waals surface area (Å²) in [7, 11) is 0. The van der Waals surface area contributed by atoms with Crippen LogP contribution < -0.4 is 0 Å². The molecule has 0 amide bonds. The normalized spacial score (nSPS) is 18.8. The van der Waals surface area contributed by atoms with Gasteiger partial charge < -0.3 is 39.0 Å². The summed E-state index contributed by atoms with van der Waals surface area (Å²) in [4.78, 5) is 51.2. The van der Waals surface area contributed by atoms with E-state index in [1.807, 2.05) is 0 Å². The van der Waals surface area contributed by atoms with Crippen molar-refractivity contribution in [1.29, 1.82) is 0 Å². The van der Waals surface area contributed by atoms with Gasteiger partial charge in [0.25, 0.3) is 0 Å². The molecule has 12 nitrogen and oxygen atoms in total. The van der Waals surface area contributed by atoms with E-state index in [1.54, 1.807) is 0 Å². The number of aliphatic hydroxyl groups is 2. The third-order valence-electron chi connectivity index (χ3n) is 12.7. The van der Waals surface area contributed by atoms with E-state index in [-0.39, 0.29) is 25.9 Å². The van der Waals surface area contributed by atoms with Crippen molar-refractivity contribution < 1.29 is 58.2 Å². The monoisotopic (exact) mass is 1100 g/mol. The smallest absolute Gasteiger partial charge is 0.335 e. The Bertz CT molecular complexity index is 1880. The van der Waals surface area contributed by atoms with E-state index in [0.29, 0.717) is 25.7 Å². The molecule has 1 rings (SSSR count). The summed E-state index contributed by atoms with van der Waals surface area (Å²) in [5.41, 5.74) is 0. The number of hydrogen-bond acceptors (Lipinski definition) is 11. The number of allylic oxidation sites excluding steroid dienone is 22. The molecular formula is C67H104O12. The SMILES string of the molecule is CC/C=C\C/C=C\C/C=C\C/C=C\CCCCCCC(=O)OCC(COC1OC(C(=O)O)C(O)C(O)C1OC(=O)CCCC/C=C\C/C=C\C/C=C\C/C=C\CC)OC(=O)CCCCCCCCC/C=C\C/C=C\C/C=C\CC. The molecule has 1 fully saturated rings. The fourth-order valence-corrected chi connectivity index (χ4v) is 8.19. The number of aliphatic carboxylic acids is 1. The first-order valence-electron chi connectivity index (χ1n) is 30.2. The van der Waals surface area contributed by atoms with Gasteiger partial charge in [0.1, 0.15) is 18.8 Å². The molecule has 0 aromatic rings. The summed E-state index contributed by atoms with van der Waals surface area (Å²) in [6.07, 6.45) is 62.7. The Hall–Kier alpha value is -5.14. The van der Waals surface area contributed by atoms with Gasteiger partial charge in [0.05, 0.1) is 6.61 Å². The minimum atomic E-state index is -1.93. The first-order chi connectivity index (χ1) is 38.6. The van der Waals surface area contributed by atoms with Crippen LogP contribution in [0.1, 0.15) is 213 Å². The van der Waals surface area contributed by atoms with Gasteiger partial charge in [0, 0.05) is 19.3 Å². The highest BCUT2D eigenvalue weighted by Crippen LogP contribution is 2.26. The Kier molecular flexibility index (Phi) is 48.7. The quantitative estimate of drug-likeness (QED) is 0.0228. The maximum absolute atomic E-state index is 13.2. The molecule has 0 aliphatic carbocycles. The van der Waals surface area contributed by atoms with Crippen molar-refractivity contribution in [1.82, 2.24) is 0 Å². The lowest BCUT2D eigenvalue weighted by atomic mass is 9.98. The van der Waals surface area contributed by atoms with E-state index in [4.69, 9.17) is 23.7 Å². The predicted molar refractivity (Wildman–Crippen MR) is 321 cm³/mol. The van der Waals surface area contributed by atoms with Gasteiger partial charge in [0.15, 0.2) is 24.6 Å². The van der Waals surface area contributed by atoms with Crippen molar-refractivity contribution in [3.05, 3.63) is 134 Å². The number of carboxylic acids is 1. The molecule has 1 aliphatic heterocycles. The van der Waals surface area contributed by atoms with Crippen LogP contribution in [0.15, 0.2) is 134 Å². The van der Waals surface area contributed by atoms with Gasteiger partial charge in [-0.3, -0.25) is 14.4 Å². The summed E-state index contributed by atoms with van der Waals surface area (Å²) < 4.78 is 28.4. The maximum atomic E-state index is 13.2. The zero-order chi connectivity index (χ0) is 57.5. The van der Waals surface area contributed by atoms with Crippen LogP contribution in [0.2, 0.25) is 0 Å². The number of rotatable bonds is 49. The Morgan fingerprint density at radius 2 is 0.759 bits per heavy atom. The molecule has 0 aromatic carbocycles. The number of ether oxygens (including phenoxy) is 5. The molecule has 79 heavy (non-hydrogen) atoms. The fourth-order valence-electron chi connectivity index (χ4n) is 8.19. The summed E-state index contributed by atoms with van der Waals surface area (Å²) >= 11 is 0. The van der Waals surface area contributed by atoms with E-state index in [0.717, 1.165) is 148 Å². The summed E-state index contributed by atoms with van der Waals surface area (Å²) in [6.45, 7) is 5.60. The lowest BCUT2D eigenvalue weighted by Gasteiger charge is -2.40. The molecule has 1 saturated heterocycles. The second kappa shape index (κ2) is 53.5. The summed E-state index contributed by atoms with van der Waals surface area (Å²) in [5.74, 6) is -3.24. The van der Waals surface area contributed by atoms with Crippen LogP contribution in [0, 0.1) is 0 Å². The summed E-state index contributed by atoms with van der Waals surface area (Å²) in [6, 6.07) is 0. The van der Waals surface area contributed by atoms with E-state index >= 15 is 0 Å². The van der Waals surface area contributed by atoms with E-state index in [1.165, 1.54) is 0 Å². The topological polar surface area (TPSA) is 175 Å². The first kappa shape index (κ1) is 71.9. The van der Waals surface area contributed by atoms with Gasteiger partial charge in [-0.1, -0.05) is 199 Å². The van der Waals surface area contributed by atoms with Gasteiger partial charge in [0.2, 0.25) is 0 Å². The third kappa shape index (κ3) is 43.4. The zero-order valence-electron chi connectivity index (χ0n) is 48.8. The van der Waals surface area contributed by atoms with Crippen LogP contribution in [0.4, 0.5) is 0 Å². The van der Waals surface area contributed by atoms with E-state index in [9.17, 15) is 34.5 Å². The maximum Gasteiger partial charge on any atom is 0.335 e. The second-order valence-corrected chi connectivity index (χ2v) is 19.8. The van der Waals surface area contributed by atoms with Crippen LogP contribution in [0.3, 0.4) is 0 Å². The van der Waals surface area contributed by atoms with Crippen LogP contribution in [-0.2, 0) is 42.9 Å². The van der Waals surface area contributed by atoms with Crippen molar-refractivity contribution in [3.63, 3.8) is 0 Å². The molecular weight excluding hydrogens is 997 g/mol. The van der Waals surface area contributed by atoms with Gasteiger partial charge in [-0.25, -0.2) is 4.79 Å². The Balaban J connectivity index is 2.75. The average molecular weight is 1100 g/mol. The lowest BCUT2D eigenvalue weighted by Crippen LogP contribution is -2.61. The molecule has 0 spiro atoms. The molecule has 6 atom stereocenters. The highest BCUT2D eigenvalue weighted by Gasteiger charge is 2.50. The van der Waals surface area contributed by atoms with Crippen molar-refractivity contribution in [2.45, 2.75) is 250 Å². The van der Waals surface area contributed by atoms with Crippen molar-refractivity contribution in [3.8, 4) is 0 Å². The zero-order valence-corrected chi connectivity index (χ0v) is 48.8. The molecule has 0 aromatic heterocycles. The molecule has 3 N–H and O–H groups in total. The molecule has 6 unspecified atom stereocenters. The summed E-state index contributed by atoms with van der Waals surface area (Å²) in [5, 5.41) is 31.5. The predicted octanol–water partition coefficient (Wildman–Crippen LogP) is 15.8. The molecule has 444 valence electrons. The Morgan fingerprint density at radius 1 is 0.418 bits per heavy atom. The number of carboxylic acid groups (broad SMARTS) is 1. The average Bonchev–Trinajstić information content (AvgIpc) is 3.46. The number of hydrogen-bond donors (Lipinski definition) is 3. The van der Waals surface area contributed by atoms with Crippen LogP contribution in [0.5, 0.6) is 0 Å². The van der Waals surface area contributed by atoms with Gasteiger partial charge in [-0.15, -0.1) is 0 Å². The third-order valence-corrected chi connectivity index (χ3v) is 12.7. The van der Waals surface area contributed by atoms with Gasteiger partial charge in [-0.2, -0.15) is 0 Å². The molecule has 12 heteroatoms. The number of carbonyl (C=O) groups is 4. The second-order valence-electron chi connectivity index (χ2n) is 19.8. The van der Waals surface area contributed by atoms with E-state index < -0.39 is 67.3 Å². The fraction of sp³-hybridized carbons (Fsp3) is 0.612.